The minimum absolute atomic E-state index is 0.541. The molecule has 0 saturated heterocycles. The van der Waals surface area contributed by atoms with Gasteiger partial charge in [-0.3, -0.25) is 0 Å². The highest BCUT2D eigenvalue weighted by atomic mass is 15.1. The van der Waals surface area contributed by atoms with Gasteiger partial charge in [0.05, 0.1) is 0 Å². The molecule has 0 fully saturated rings. The first-order chi connectivity index (χ1) is 8.86. The summed E-state index contributed by atoms with van der Waals surface area (Å²) in [5.41, 5.74) is 4.20. The minimum atomic E-state index is 0.541. The van der Waals surface area contributed by atoms with E-state index in [0.29, 0.717) is 12.0 Å². The average Bonchev–Trinajstić information content (AvgIpc) is 2.58. The number of likely N-dealkylation sites (N-methyl/N-ethyl adjacent to an activating group) is 1. The summed E-state index contributed by atoms with van der Waals surface area (Å²) in [6.45, 7) is 14.3. The topological polar surface area (TPSA) is 20.2 Å². The van der Waals surface area contributed by atoms with E-state index in [2.05, 4.69) is 69.6 Å². The van der Waals surface area contributed by atoms with Crippen LogP contribution in [0.2, 0.25) is 0 Å². The maximum Gasteiger partial charge on any atom is 0.0226 e. The van der Waals surface area contributed by atoms with Crippen molar-refractivity contribution in [2.45, 2.75) is 53.8 Å². The average molecular weight is 265 g/mol. The van der Waals surface area contributed by atoms with E-state index in [4.69, 9.17) is 0 Å². The van der Waals surface area contributed by atoms with Crippen LogP contribution in [0.1, 0.15) is 37.7 Å². The number of hydrogen-bond donors (Lipinski definition) is 1. The first-order valence-electron chi connectivity index (χ1n) is 7.40. The van der Waals surface area contributed by atoms with Crippen LogP contribution in [0.25, 0.3) is 0 Å². The molecule has 0 aliphatic carbocycles. The van der Waals surface area contributed by atoms with Gasteiger partial charge >= 0.3 is 0 Å². The van der Waals surface area contributed by atoms with Crippen molar-refractivity contribution < 1.29 is 0 Å². The Bertz CT molecular complexity index is 391. The molecule has 1 aromatic heterocycles. The van der Waals surface area contributed by atoms with Gasteiger partial charge in [-0.1, -0.05) is 13.8 Å². The number of aryl methyl sites for hydroxylation is 1. The van der Waals surface area contributed by atoms with Crippen LogP contribution in [-0.2, 0) is 13.1 Å². The molecular weight excluding hydrogens is 234 g/mol. The van der Waals surface area contributed by atoms with Crippen molar-refractivity contribution in [3.05, 3.63) is 23.0 Å². The van der Waals surface area contributed by atoms with Gasteiger partial charge in [0, 0.05) is 37.1 Å². The van der Waals surface area contributed by atoms with Crippen LogP contribution in [0.5, 0.6) is 0 Å². The lowest BCUT2D eigenvalue weighted by Crippen LogP contribution is -2.41. The first-order valence-corrected chi connectivity index (χ1v) is 7.40. The zero-order chi connectivity index (χ0) is 14.6. The monoisotopic (exact) mass is 265 g/mol. The Morgan fingerprint density at radius 2 is 1.89 bits per heavy atom. The molecule has 0 aliphatic rings. The van der Waals surface area contributed by atoms with E-state index in [0.717, 1.165) is 19.6 Å². The van der Waals surface area contributed by atoms with Gasteiger partial charge in [0.1, 0.15) is 0 Å². The van der Waals surface area contributed by atoms with E-state index in [1.165, 1.54) is 17.0 Å². The summed E-state index contributed by atoms with van der Waals surface area (Å²) in [6, 6.07) is 2.86. The summed E-state index contributed by atoms with van der Waals surface area (Å²) >= 11 is 0. The molecule has 110 valence electrons. The fourth-order valence-corrected chi connectivity index (χ4v) is 2.68. The van der Waals surface area contributed by atoms with Gasteiger partial charge in [-0.2, -0.15) is 0 Å². The molecule has 0 spiro atoms. The second kappa shape index (κ2) is 7.11. The van der Waals surface area contributed by atoms with E-state index in [-0.39, 0.29) is 0 Å². The lowest BCUT2D eigenvalue weighted by atomic mass is 10.0. The minimum Gasteiger partial charge on any atom is -0.349 e. The zero-order valence-corrected chi connectivity index (χ0v) is 13.7. The normalized spacial score (nSPS) is 13.5. The van der Waals surface area contributed by atoms with Crippen LogP contribution < -0.4 is 5.32 Å². The molecule has 1 aromatic rings. The molecule has 1 rings (SSSR count). The predicted octanol–water partition coefficient (Wildman–Crippen LogP) is 2.80. The number of rotatable bonds is 7. The fraction of sp³-hybridized carbons (Fsp3) is 0.750. The maximum atomic E-state index is 3.72. The van der Waals surface area contributed by atoms with E-state index in [9.17, 15) is 0 Å². The van der Waals surface area contributed by atoms with Crippen LogP contribution in [0, 0.1) is 19.8 Å². The Hall–Kier alpha value is -0.800. The van der Waals surface area contributed by atoms with Crippen molar-refractivity contribution in [2.24, 2.45) is 5.92 Å². The smallest absolute Gasteiger partial charge is 0.0226 e. The van der Waals surface area contributed by atoms with Crippen molar-refractivity contribution in [1.82, 2.24) is 14.8 Å². The molecule has 0 aliphatic heterocycles. The molecule has 1 heterocycles. The highest BCUT2D eigenvalue weighted by molar-refractivity contribution is 5.26. The molecule has 3 nitrogen and oxygen atoms in total. The van der Waals surface area contributed by atoms with E-state index >= 15 is 0 Å². The third-order valence-corrected chi connectivity index (χ3v) is 3.92. The zero-order valence-electron chi connectivity index (χ0n) is 13.7. The summed E-state index contributed by atoms with van der Waals surface area (Å²) in [5, 5.41) is 3.72. The summed E-state index contributed by atoms with van der Waals surface area (Å²) < 4.78 is 2.38. The predicted molar refractivity (Wildman–Crippen MR) is 83.6 cm³/mol. The van der Waals surface area contributed by atoms with Gasteiger partial charge in [-0.25, -0.2) is 0 Å². The van der Waals surface area contributed by atoms with Gasteiger partial charge in [-0.05, 0) is 52.4 Å². The van der Waals surface area contributed by atoms with Crippen LogP contribution in [0.15, 0.2) is 6.07 Å². The summed E-state index contributed by atoms with van der Waals surface area (Å²) in [5.74, 6) is 0.650. The van der Waals surface area contributed by atoms with Gasteiger partial charge < -0.3 is 14.8 Å². The fourth-order valence-electron chi connectivity index (χ4n) is 2.68. The second-order valence-corrected chi connectivity index (χ2v) is 6.13. The highest BCUT2D eigenvalue weighted by Gasteiger charge is 2.15. The third kappa shape index (κ3) is 4.36. The van der Waals surface area contributed by atoms with Gasteiger partial charge in [-0.15, -0.1) is 0 Å². The number of nitrogens with one attached hydrogen (secondary N) is 1. The number of aromatic nitrogens is 1. The molecule has 0 bridgehead atoms. The largest absolute Gasteiger partial charge is 0.349 e. The lowest BCUT2D eigenvalue weighted by Gasteiger charge is -2.25. The molecular formula is C16H31N3. The van der Waals surface area contributed by atoms with Crippen molar-refractivity contribution >= 4 is 0 Å². The quantitative estimate of drug-likeness (QED) is 0.818. The van der Waals surface area contributed by atoms with Crippen molar-refractivity contribution in [1.29, 1.82) is 0 Å². The molecule has 0 aromatic carbocycles. The third-order valence-electron chi connectivity index (χ3n) is 3.92. The van der Waals surface area contributed by atoms with Crippen LogP contribution >= 0.6 is 0 Å². The van der Waals surface area contributed by atoms with Crippen molar-refractivity contribution in [3.63, 3.8) is 0 Å². The first kappa shape index (κ1) is 16.3. The van der Waals surface area contributed by atoms with Gasteiger partial charge in [0.25, 0.3) is 0 Å². The number of nitrogens with zero attached hydrogens (tertiary/aromatic N) is 2. The van der Waals surface area contributed by atoms with Crippen LogP contribution in [0.4, 0.5) is 0 Å². The standard InChI is InChI=1S/C16H31N3/c1-8-19-13(4)9-15(14(19)5)10-17-16(12(2)3)11-18(6)7/h9,12,16-17H,8,10-11H2,1-7H3. The van der Waals surface area contributed by atoms with Gasteiger partial charge in [0.15, 0.2) is 0 Å². The Morgan fingerprint density at radius 1 is 1.26 bits per heavy atom. The lowest BCUT2D eigenvalue weighted by molar-refractivity contribution is 0.288. The molecule has 1 atom stereocenters. The maximum absolute atomic E-state index is 3.72. The SMILES string of the molecule is CCn1c(C)cc(CNC(CN(C)C)C(C)C)c1C. The van der Waals surface area contributed by atoms with Crippen molar-refractivity contribution in [3.8, 4) is 0 Å². The molecule has 1 N–H and O–H groups in total. The number of hydrogen-bond acceptors (Lipinski definition) is 2. The van der Waals surface area contributed by atoms with E-state index < -0.39 is 0 Å². The second-order valence-electron chi connectivity index (χ2n) is 6.13. The Balaban J connectivity index is 2.69. The molecule has 3 heteroatoms. The van der Waals surface area contributed by atoms with Crippen LogP contribution in [-0.4, -0.2) is 36.1 Å². The Labute approximate surface area is 119 Å². The molecule has 0 saturated carbocycles. The molecule has 1 unspecified atom stereocenters. The molecule has 0 amide bonds. The van der Waals surface area contributed by atoms with Crippen LogP contribution in [0.3, 0.4) is 0 Å². The van der Waals surface area contributed by atoms with Gasteiger partial charge in [0.2, 0.25) is 0 Å². The Morgan fingerprint density at radius 3 is 2.32 bits per heavy atom. The molecule has 0 radical (unpaired) electrons. The highest BCUT2D eigenvalue weighted by Crippen LogP contribution is 2.15. The summed E-state index contributed by atoms with van der Waals surface area (Å²) in [4.78, 5) is 2.26. The Kier molecular flexibility index (Phi) is 6.08. The van der Waals surface area contributed by atoms with E-state index in [1.807, 2.05) is 0 Å². The summed E-state index contributed by atoms with van der Waals surface area (Å²) in [7, 11) is 4.28. The van der Waals surface area contributed by atoms with E-state index in [1.54, 1.807) is 0 Å². The molecule has 19 heavy (non-hydrogen) atoms. The van der Waals surface area contributed by atoms with Crippen molar-refractivity contribution in [2.75, 3.05) is 20.6 Å². The summed E-state index contributed by atoms with van der Waals surface area (Å²) in [6.07, 6.45) is 0.